The Morgan fingerprint density at radius 1 is 1.02 bits per heavy atom. The second-order valence-electron chi connectivity index (χ2n) is 8.42. The number of amides is 1. The first-order valence-corrected chi connectivity index (χ1v) is 14.2. The lowest BCUT2D eigenvalue weighted by molar-refractivity contribution is -0.139. The van der Waals surface area contributed by atoms with E-state index in [0.717, 1.165) is 10.2 Å². The molecule has 40 heavy (non-hydrogen) atoms. The van der Waals surface area contributed by atoms with Crippen LogP contribution in [-0.2, 0) is 14.9 Å². The molecule has 1 aliphatic rings. The number of nitrogens with one attached hydrogen (secondary N) is 2. The second-order valence-corrected chi connectivity index (χ2v) is 11.0. The SMILES string of the molecule is O=C(O)COc1ccc(N2N=C(c3ccc(C(=O)NCCS(=O)(=O)O)cc3)NN2c2nc3ccccc3s2)cc1. The molecule has 0 radical (unpaired) electrons. The van der Waals surface area contributed by atoms with Crippen LogP contribution in [0.2, 0.25) is 0 Å². The summed E-state index contributed by atoms with van der Waals surface area (Å²) in [7, 11) is -4.18. The summed E-state index contributed by atoms with van der Waals surface area (Å²) in [5.41, 5.74) is 5.66. The van der Waals surface area contributed by atoms with Crippen LogP contribution in [0.3, 0.4) is 0 Å². The molecule has 1 aliphatic heterocycles. The van der Waals surface area contributed by atoms with E-state index in [-0.39, 0.29) is 6.54 Å². The Morgan fingerprint density at radius 3 is 2.42 bits per heavy atom. The van der Waals surface area contributed by atoms with Crippen LogP contribution in [0.4, 0.5) is 10.8 Å². The summed E-state index contributed by atoms with van der Waals surface area (Å²) >= 11 is 1.45. The maximum Gasteiger partial charge on any atom is 0.341 e. The zero-order valence-electron chi connectivity index (χ0n) is 20.6. The van der Waals surface area contributed by atoms with Crippen molar-refractivity contribution in [1.82, 2.24) is 15.7 Å². The number of carboxylic acid groups (broad SMARTS) is 1. The molecule has 0 bridgehead atoms. The maximum absolute atomic E-state index is 12.3. The van der Waals surface area contributed by atoms with Gasteiger partial charge in [-0.25, -0.2) is 9.78 Å². The smallest absolute Gasteiger partial charge is 0.341 e. The van der Waals surface area contributed by atoms with Crippen molar-refractivity contribution in [2.75, 3.05) is 29.1 Å². The number of aliphatic carboxylic acids is 1. The Hall–Kier alpha value is -4.73. The molecule has 2 heterocycles. The molecule has 4 N–H and O–H groups in total. The van der Waals surface area contributed by atoms with Gasteiger partial charge in [-0.05, 0) is 48.5 Å². The van der Waals surface area contributed by atoms with E-state index >= 15 is 0 Å². The molecule has 0 unspecified atom stereocenters. The number of fused-ring (bicyclic) bond motifs is 1. The van der Waals surface area contributed by atoms with Crippen LogP contribution in [0.5, 0.6) is 5.75 Å². The number of hydrazine groups is 2. The van der Waals surface area contributed by atoms with Gasteiger partial charge in [0.2, 0.25) is 5.13 Å². The molecule has 3 aromatic carbocycles. The van der Waals surface area contributed by atoms with E-state index in [9.17, 15) is 18.0 Å². The van der Waals surface area contributed by atoms with Gasteiger partial charge in [-0.1, -0.05) is 35.6 Å². The number of thiazole rings is 1. The molecular weight excluding hydrogens is 560 g/mol. The number of amidine groups is 1. The summed E-state index contributed by atoms with van der Waals surface area (Å²) in [6.07, 6.45) is 0. The van der Waals surface area contributed by atoms with Gasteiger partial charge >= 0.3 is 5.97 Å². The number of carbonyl (C=O) groups is 2. The molecule has 1 amide bonds. The van der Waals surface area contributed by atoms with Crippen molar-refractivity contribution in [3.63, 3.8) is 0 Å². The number of hydrogen-bond donors (Lipinski definition) is 4. The van der Waals surface area contributed by atoms with Crippen molar-refractivity contribution in [2.24, 2.45) is 5.10 Å². The third kappa shape index (κ3) is 6.28. The third-order valence-corrected chi connectivity index (χ3v) is 7.29. The fourth-order valence-electron chi connectivity index (χ4n) is 3.68. The summed E-state index contributed by atoms with van der Waals surface area (Å²) in [6, 6.07) is 20.9. The fraction of sp³-hybridized carbons (Fsp3) is 0.120. The molecule has 13 nitrogen and oxygen atoms in total. The molecule has 1 aromatic heterocycles. The molecular formula is C25H22N6O7S2. The van der Waals surface area contributed by atoms with Gasteiger partial charge in [-0.3, -0.25) is 14.8 Å². The molecule has 15 heteroatoms. The summed E-state index contributed by atoms with van der Waals surface area (Å²) in [6.45, 7) is -0.681. The van der Waals surface area contributed by atoms with Crippen molar-refractivity contribution < 1.29 is 32.4 Å². The van der Waals surface area contributed by atoms with Gasteiger partial charge in [-0.15, -0.1) is 15.3 Å². The van der Waals surface area contributed by atoms with E-state index in [4.69, 9.17) is 24.5 Å². The highest BCUT2D eigenvalue weighted by Gasteiger charge is 2.29. The Kier molecular flexibility index (Phi) is 7.50. The van der Waals surface area contributed by atoms with E-state index in [0.29, 0.717) is 33.5 Å². The topological polar surface area (TPSA) is 174 Å². The Labute approximate surface area is 232 Å². The number of ether oxygens (including phenoxy) is 1. The van der Waals surface area contributed by atoms with Crippen molar-refractivity contribution in [1.29, 1.82) is 0 Å². The monoisotopic (exact) mass is 582 g/mol. The number of nitrogens with zero attached hydrogens (tertiary/aromatic N) is 4. The number of aromatic nitrogens is 1. The molecule has 4 aromatic rings. The van der Waals surface area contributed by atoms with Crippen LogP contribution >= 0.6 is 11.3 Å². The van der Waals surface area contributed by atoms with Gasteiger partial charge in [0.25, 0.3) is 16.0 Å². The van der Waals surface area contributed by atoms with Crippen LogP contribution in [0.25, 0.3) is 10.2 Å². The van der Waals surface area contributed by atoms with Crippen LogP contribution < -0.4 is 25.7 Å². The largest absolute Gasteiger partial charge is 0.482 e. The summed E-state index contributed by atoms with van der Waals surface area (Å²) < 4.78 is 36.8. The first-order valence-electron chi connectivity index (χ1n) is 11.8. The normalized spacial score (nSPS) is 13.2. The first kappa shape index (κ1) is 26.9. The van der Waals surface area contributed by atoms with E-state index < -0.39 is 34.4 Å². The predicted molar refractivity (Wildman–Crippen MR) is 149 cm³/mol. The Morgan fingerprint density at radius 2 is 1.75 bits per heavy atom. The van der Waals surface area contributed by atoms with Crippen LogP contribution in [0.1, 0.15) is 15.9 Å². The number of para-hydroxylation sites is 1. The standard InChI is InChI=1S/C25H22N6O7S2/c32-22(33)15-38-19-11-9-18(10-12-19)30-28-23(29-31(30)25-27-20-3-1-2-4-21(20)39-25)16-5-7-17(8-6-16)24(34)26-13-14-40(35,36)37/h1-12H,13-15H2,(H,26,34)(H,28,29)(H,32,33)(H,35,36,37). The zero-order chi connectivity index (χ0) is 28.3. The van der Waals surface area contributed by atoms with Gasteiger partial charge in [0.15, 0.2) is 12.4 Å². The summed E-state index contributed by atoms with van der Waals surface area (Å²) in [5, 5.41) is 19.9. The van der Waals surface area contributed by atoms with E-state index in [1.165, 1.54) is 11.3 Å². The number of rotatable bonds is 10. The number of hydrazone groups is 1. The molecule has 0 atom stereocenters. The molecule has 5 rings (SSSR count). The molecule has 206 valence electrons. The van der Waals surface area contributed by atoms with E-state index in [1.54, 1.807) is 58.8 Å². The summed E-state index contributed by atoms with van der Waals surface area (Å²) in [5.74, 6) is -1.30. The van der Waals surface area contributed by atoms with Crippen molar-refractivity contribution in [3.05, 3.63) is 83.9 Å². The first-order chi connectivity index (χ1) is 19.2. The van der Waals surface area contributed by atoms with Crippen LogP contribution in [-0.4, -0.2) is 59.7 Å². The quantitative estimate of drug-likeness (QED) is 0.202. The number of hydrogen-bond acceptors (Lipinski definition) is 11. The minimum Gasteiger partial charge on any atom is -0.482 e. The van der Waals surface area contributed by atoms with E-state index in [1.807, 2.05) is 24.3 Å². The van der Waals surface area contributed by atoms with Crippen molar-refractivity contribution >= 4 is 60.2 Å². The average Bonchev–Trinajstić information content (AvgIpc) is 3.56. The van der Waals surface area contributed by atoms with Crippen LogP contribution in [0, 0.1) is 0 Å². The lowest BCUT2D eigenvalue weighted by Crippen LogP contribution is -2.44. The molecule has 0 saturated heterocycles. The average molecular weight is 583 g/mol. The van der Waals surface area contributed by atoms with Crippen molar-refractivity contribution in [3.8, 4) is 5.75 Å². The Balaban J connectivity index is 1.39. The third-order valence-electron chi connectivity index (χ3n) is 5.56. The van der Waals surface area contributed by atoms with Gasteiger partial charge in [0, 0.05) is 17.7 Å². The summed E-state index contributed by atoms with van der Waals surface area (Å²) in [4.78, 5) is 27.9. The fourth-order valence-corrected chi connectivity index (χ4v) is 4.96. The molecule has 0 saturated carbocycles. The Bertz CT molecular complexity index is 1660. The van der Waals surface area contributed by atoms with Gasteiger partial charge < -0.3 is 15.2 Å². The predicted octanol–water partition coefficient (Wildman–Crippen LogP) is 2.49. The maximum atomic E-state index is 12.3. The second kappa shape index (κ2) is 11.2. The van der Waals surface area contributed by atoms with Gasteiger partial charge in [0.05, 0.1) is 21.7 Å². The minimum atomic E-state index is -4.18. The van der Waals surface area contributed by atoms with Gasteiger partial charge in [0.1, 0.15) is 5.75 Å². The lowest BCUT2D eigenvalue weighted by Gasteiger charge is -2.25. The number of carboxylic acids is 1. The molecule has 0 aliphatic carbocycles. The number of anilines is 2. The number of benzene rings is 3. The number of carbonyl (C=O) groups excluding carboxylic acids is 1. The minimum absolute atomic E-state index is 0.222. The molecule has 0 spiro atoms. The highest BCUT2D eigenvalue weighted by atomic mass is 32.2. The van der Waals surface area contributed by atoms with Crippen molar-refractivity contribution in [2.45, 2.75) is 0 Å². The van der Waals surface area contributed by atoms with Crippen LogP contribution in [0.15, 0.2) is 77.9 Å². The van der Waals surface area contributed by atoms with Gasteiger partial charge in [-0.2, -0.15) is 8.42 Å². The highest BCUT2D eigenvalue weighted by Crippen LogP contribution is 2.33. The molecule has 0 fully saturated rings. The van der Waals surface area contributed by atoms with E-state index in [2.05, 4.69) is 10.7 Å². The lowest BCUT2D eigenvalue weighted by atomic mass is 10.1. The highest BCUT2D eigenvalue weighted by molar-refractivity contribution is 7.85. The zero-order valence-corrected chi connectivity index (χ0v) is 22.2.